The first-order chi connectivity index (χ1) is 16.2. The minimum atomic E-state index is 0.109. The second-order valence-corrected chi connectivity index (χ2v) is 10.1. The van der Waals surface area contributed by atoms with Crippen LogP contribution in [0.5, 0.6) is 5.75 Å². The first kappa shape index (κ1) is 22.2. The number of likely N-dealkylation sites (tertiary alicyclic amines) is 1. The first-order valence-electron chi connectivity index (χ1n) is 11.9. The molecule has 33 heavy (non-hydrogen) atoms. The molecule has 3 heterocycles. The van der Waals surface area contributed by atoms with Gasteiger partial charge in [-0.1, -0.05) is 41.7 Å². The number of anilines is 1. The number of carbonyl (C=O) groups is 1. The number of ether oxygens (including phenoxy) is 1. The summed E-state index contributed by atoms with van der Waals surface area (Å²) in [4.78, 5) is 22.5. The summed E-state index contributed by atoms with van der Waals surface area (Å²) in [5.74, 6) is 1.21. The number of hydrogen-bond acceptors (Lipinski definition) is 6. The minimum absolute atomic E-state index is 0.109. The van der Waals surface area contributed by atoms with Crippen molar-refractivity contribution in [3.8, 4) is 5.75 Å². The van der Waals surface area contributed by atoms with Crippen molar-refractivity contribution >= 4 is 32.6 Å². The van der Waals surface area contributed by atoms with E-state index in [4.69, 9.17) is 9.72 Å². The fourth-order valence-corrected chi connectivity index (χ4v) is 5.93. The number of aromatic nitrogens is 1. The number of benzene rings is 2. The van der Waals surface area contributed by atoms with E-state index in [-0.39, 0.29) is 11.8 Å². The van der Waals surface area contributed by atoms with E-state index in [0.29, 0.717) is 6.04 Å². The van der Waals surface area contributed by atoms with E-state index in [9.17, 15) is 4.79 Å². The molecule has 0 atom stereocenters. The SMILES string of the molecule is COc1ccc2nc(N3CCC(C(=O)NC4CCN(Cc5ccccc5)CC4)CC3)sc2c1. The summed E-state index contributed by atoms with van der Waals surface area (Å²) in [5, 5.41) is 4.40. The van der Waals surface area contributed by atoms with Crippen molar-refractivity contribution in [2.24, 2.45) is 5.92 Å². The van der Waals surface area contributed by atoms with Crippen LogP contribution in [0.1, 0.15) is 31.2 Å². The number of nitrogens with zero attached hydrogens (tertiary/aromatic N) is 3. The third-order valence-corrected chi connectivity index (χ3v) is 7.98. The van der Waals surface area contributed by atoms with Gasteiger partial charge in [0.1, 0.15) is 5.75 Å². The zero-order valence-corrected chi connectivity index (χ0v) is 20.0. The standard InChI is InChI=1S/C26H32N4O2S/c1-32-22-7-8-23-24(17-22)33-26(28-23)30-15-9-20(10-16-30)25(31)27-21-11-13-29(14-12-21)18-19-5-3-2-4-6-19/h2-8,17,20-21H,9-16,18H2,1H3,(H,27,31). The molecule has 1 aromatic heterocycles. The predicted octanol–water partition coefficient (Wildman–Crippen LogP) is 4.30. The summed E-state index contributed by atoms with van der Waals surface area (Å²) < 4.78 is 6.47. The highest BCUT2D eigenvalue weighted by Gasteiger charge is 2.29. The number of fused-ring (bicyclic) bond motifs is 1. The van der Waals surface area contributed by atoms with Gasteiger partial charge < -0.3 is 15.0 Å². The van der Waals surface area contributed by atoms with Crippen molar-refractivity contribution in [2.45, 2.75) is 38.3 Å². The van der Waals surface area contributed by atoms with E-state index in [0.717, 1.165) is 79.5 Å². The molecule has 1 N–H and O–H groups in total. The van der Waals surface area contributed by atoms with Crippen molar-refractivity contribution in [3.05, 3.63) is 54.1 Å². The van der Waals surface area contributed by atoms with Crippen LogP contribution in [0.2, 0.25) is 0 Å². The third-order valence-electron chi connectivity index (χ3n) is 6.90. The average Bonchev–Trinajstić information content (AvgIpc) is 3.29. The van der Waals surface area contributed by atoms with E-state index >= 15 is 0 Å². The Balaban J connectivity index is 1.08. The number of nitrogens with one attached hydrogen (secondary N) is 1. The molecule has 3 aromatic rings. The average molecular weight is 465 g/mol. The molecule has 174 valence electrons. The Bertz CT molecular complexity index is 1070. The van der Waals surface area contributed by atoms with E-state index in [2.05, 4.69) is 45.4 Å². The van der Waals surface area contributed by atoms with Gasteiger partial charge in [0, 0.05) is 44.7 Å². The maximum Gasteiger partial charge on any atom is 0.223 e. The van der Waals surface area contributed by atoms with Gasteiger partial charge in [0.25, 0.3) is 0 Å². The van der Waals surface area contributed by atoms with E-state index in [1.807, 2.05) is 18.2 Å². The second-order valence-electron chi connectivity index (χ2n) is 9.14. The maximum absolute atomic E-state index is 12.9. The van der Waals surface area contributed by atoms with Crippen molar-refractivity contribution in [3.63, 3.8) is 0 Å². The maximum atomic E-state index is 12.9. The number of methoxy groups -OCH3 is 1. The van der Waals surface area contributed by atoms with Gasteiger partial charge in [-0.25, -0.2) is 4.98 Å². The van der Waals surface area contributed by atoms with Gasteiger partial charge in [-0.2, -0.15) is 0 Å². The van der Waals surface area contributed by atoms with Gasteiger partial charge in [-0.15, -0.1) is 0 Å². The van der Waals surface area contributed by atoms with Crippen LogP contribution in [-0.4, -0.2) is 55.1 Å². The van der Waals surface area contributed by atoms with Gasteiger partial charge in [0.2, 0.25) is 5.91 Å². The van der Waals surface area contributed by atoms with Crippen molar-refractivity contribution < 1.29 is 9.53 Å². The molecular weight excluding hydrogens is 432 g/mol. The smallest absolute Gasteiger partial charge is 0.223 e. The molecule has 0 unspecified atom stereocenters. The van der Waals surface area contributed by atoms with Gasteiger partial charge in [-0.05, 0) is 49.4 Å². The number of thiazole rings is 1. The molecule has 0 radical (unpaired) electrons. The molecule has 0 aliphatic carbocycles. The van der Waals surface area contributed by atoms with Crippen LogP contribution >= 0.6 is 11.3 Å². The van der Waals surface area contributed by atoms with Crippen LogP contribution in [0.3, 0.4) is 0 Å². The van der Waals surface area contributed by atoms with Crippen molar-refractivity contribution in [2.75, 3.05) is 38.2 Å². The molecule has 0 bridgehead atoms. The number of amides is 1. The third kappa shape index (κ3) is 5.31. The van der Waals surface area contributed by atoms with E-state index < -0.39 is 0 Å². The zero-order valence-electron chi connectivity index (χ0n) is 19.2. The molecule has 5 rings (SSSR count). The molecule has 0 spiro atoms. The monoisotopic (exact) mass is 464 g/mol. The lowest BCUT2D eigenvalue weighted by Gasteiger charge is -2.35. The molecule has 2 aliphatic rings. The van der Waals surface area contributed by atoms with E-state index in [1.54, 1.807) is 18.4 Å². The molecule has 0 saturated carbocycles. The van der Waals surface area contributed by atoms with Crippen LogP contribution in [0.25, 0.3) is 10.2 Å². The quantitative estimate of drug-likeness (QED) is 0.589. The highest BCUT2D eigenvalue weighted by atomic mass is 32.1. The summed E-state index contributed by atoms with van der Waals surface area (Å²) >= 11 is 1.70. The molecule has 7 heteroatoms. The molecule has 2 aromatic carbocycles. The Morgan fingerprint density at radius 3 is 2.55 bits per heavy atom. The number of rotatable bonds is 6. The van der Waals surface area contributed by atoms with Crippen LogP contribution in [0.15, 0.2) is 48.5 Å². The largest absolute Gasteiger partial charge is 0.497 e. The number of piperidine rings is 2. The number of hydrogen-bond donors (Lipinski definition) is 1. The molecule has 2 aliphatic heterocycles. The highest BCUT2D eigenvalue weighted by Crippen LogP contribution is 2.33. The lowest BCUT2D eigenvalue weighted by molar-refractivity contribution is -0.126. The summed E-state index contributed by atoms with van der Waals surface area (Å²) in [6, 6.07) is 16.9. The summed E-state index contributed by atoms with van der Waals surface area (Å²) in [7, 11) is 1.69. The summed E-state index contributed by atoms with van der Waals surface area (Å²) in [5.41, 5.74) is 2.37. The normalized spacial score (nSPS) is 18.5. The predicted molar refractivity (Wildman–Crippen MR) is 134 cm³/mol. The first-order valence-corrected chi connectivity index (χ1v) is 12.8. The molecule has 2 fully saturated rings. The molecule has 2 saturated heterocycles. The van der Waals surface area contributed by atoms with Crippen LogP contribution in [0.4, 0.5) is 5.13 Å². The Morgan fingerprint density at radius 1 is 1.06 bits per heavy atom. The van der Waals surface area contributed by atoms with Crippen LogP contribution in [0, 0.1) is 5.92 Å². The van der Waals surface area contributed by atoms with Gasteiger partial charge >= 0.3 is 0 Å². The molecular formula is C26H32N4O2S. The Morgan fingerprint density at radius 2 is 1.82 bits per heavy atom. The topological polar surface area (TPSA) is 57.7 Å². The highest BCUT2D eigenvalue weighted by molar-refractivity contribution is 7.22. The van der Waals surface area contributed by atoms with Crippen LogP contribution < -0.4 is 15.0 Å². The Hall–Kier alpha value is -2.64. The fraction of sp³-hybridized carbons (Fsp3) is 0.462. The van der Waals surface area contributed by atoms with Crippen molar-refractivity contribution in [1.82, 2.24) is 15.2 Å². The lowest BCUT2D eigenvalue weighted by Crippen LogP contribution is -2.48. The van der Waals surface area contributed by atoms with Gasteiger partial charge in [-0.3, -0.25) is 9.69 Å². The minimum Gasteiger partial charge on any atom is -0.497 e. The lowest BCUT2D eigenvalue weighted by atomic mass is 9.95. The van der Waals surface area contributed by atoms with E-state index in [1.165, 1.54) is 5.56 Å². The Labute approximate surface area is 199 Å². The summed E-state index contributed by atoms with van der Waals surface area (Å²) in [6.45, 7) is 4.84. The van der Waals surface area contributed by atoms with Crippen molar-refractivity contribution in [1.29, 1.82) is 0 Å². The van der Waals surface area contributed by atoms with Gasteiger partial charge in [0.15, 0.2) is 5.13 Å². The van der Waals surface area contributed by atoms with Crippen LogP contribution in [-0.2, 0) is 11.3 Å². The Kier molecular flexibility index (Phi) is 6.78. The zero-order chi connectivity index (χ0) is 22.6. The molecule has 1 amide bonds. The number of carbonyl (C=O) groups excluding carboxylic acids is 1. The fourth-order valence-electron chi connectivity index (χ4n) is 4.88. The molecule has 6 nitrogen and oxygen atoms in total. The van der Waals surface area contributed by atoms with Gasteiger partial charge in [0.05, 0.1) is 17.3 Å². The second kappa shape index (κ2) is 10.1. The summed E-state index contributed by atoms with van der Waals surface area (Å²) in [6.07, 6.45) is 3.84.